The topological polar surface area (TPSA) is 92.8 Å². The number of aromatic hydroxyl groups is 1. The summed E-state index contributed by atoms with van der Waals surface area (Å²) >= 11 is 0. The van der Waals surface area contributed by atoms with Crippen molar-refractivity contribution in [3.8, 4) is 11.5 Å². The molecule has 4 N–H and O–H groups in total. The zero-order valence-electron chi connectivity index (χ0n) is 9.35. The first-order valence-electron chi connectivity index (χ1n) is 5.51. The molecule has 0 saturated carbocycles. The second kappa shape index (κ2) is 4.63. The maximum atomic E-state index is 10.3. The summed E-state index contributed by atoms with van der Waals surface area (Å²) in [5.41, 5.74) is 7.94. The molecule has 17 heavy (non-hydrogen) atoms. The van der Waals surface area contributed by atoms with Gasteiger partial charge < -0.3 is 20.7 Å². The molecular weight excluding hydrogens is 222 g/mol. The maximum absolute atomic E-state index is 10.3. The molecule has 0 aliphatic heterocycles. The molecule has 2 rings (SSSR count). The van der Waals surface area contributed by atoms with E-state index in [-0.39, 0.29) is 24.8 Å². The summed E-state index contributed by atoms with van der Waals surface area (Å²) in [7, 11) is 0. The number of nitrogens with two attached hydrogens (primary N) is 1. The van der Waals surface area contributed by atoms with Gasteiger partial charge in [0.05, 0.1) is 13.0 Å². The Kier molecular flexibility index (Phi) is 3.19. The standard InChI is InChI=1S/C12H15NO4/c13-9-3-7-5-10(14)11(6-8(7)4-9)17-2-1-12(15)16/h5-6,9,14H,1-4,13H2,(H,15,16). The first kappa shape index (κ1) is 11.7. The Balaban J connectivity index is 2.08. The fourth-order valence-electron chi connectivity index (χ4n) is 2.03. The first-order chi connectivity index (χ1) is 8.06. The van der Waals surface area contributed by atoms with Crippen LogP contribution in [-0.4, -0.2) is 28.8 Å². The van der Waals surface area contributed by atoms with Gasteiger partial charge in [0.25, 0.3) is 0 Å². The third-order valence-corrected chi connectivity index (χ3v) is 2.82. The molecule has 0 heterocycles. The lowest BCUT2D eigenvalue weighted by Crippen LogP contribution is -2.18. The van der Waals surface area contributed by atoms with E-state index in [4.69, 9.17) is 15.6 Å². The minimum absolute atomic E-state index is 0.0447. The minimum Gasteiger partial charge on any atom is -0.504 e. The van der Waals surface area contributed by atoms with Crippen molar-refractivity contribution < 1.29 is 19.7 Å². The van der Waals surface area contributed by atoms with Crippen LogP contribution >= 0.6 is 0 Å². The van der Waals surface area contributed by atoms with Crippen LogP contribution < -0.4 is 10.5 Å². The molecule has 1 unspecified atom stereocenters. The van der Waals surface area contributed by atoms with Gasteiger partial charge >= 0.3 is 5.97 Å². The number of aliphatic carboxylic acids is 1. The van der Waals surface area contributed by atoms with Gasteiger partial charge in [-0.2, -0.15) is 0 Å². The number of rotatable bonds is 4. The van der Waals surface area contributed by atoms with E-state index in [0.29, 0.717) is 5.75 Å². The number of ether oxygens (including phenoxy) is 1. The predicted octanol–water partition coefficient (Wildman–Crippen LogP) is 0.672. The number of hydrogen-bond acceptors (Lipinski definition) is 4. The van der Waals surface area contributed by atoms with Crippen LogP contribution in [0.4, 0.5) is 0 Å². The van der Waals surface area contributed by atoms with E-state index < -0.39 is 5.97 Å². The molecule has 5 nitrogen and oxygen atoms in total. The molecule has 92 valence electrons. The van der Waals surface area contributed by atoms with E-state index in [1.807, 2.05) is 0 Å². The quantitative estimate of drug-likeness (QED) is 0.715. The van der Waals surface area contributed by atoms with Crippen molar-refractivity contribution in [2.75, 3.05) is 6.61 Å². The Bertz CT molecular complexity index is 444. The van der Waals surface area contributed by atoms with Crippen molar-refractivity contribution in [2.45, 2.75) is 25.3 Å². The Morgan fingerprint density at radius 2 is 2.06 bits per heavy atom. The van der Waals surface area contributed by atoms with Gasteiger partial charge in [-0.15, -0.1) is 0 Å². The Hall–Kier alpha value is -1.75. The molecule has 0 bridgehead atoms. The number of benzene rings is 1. The average Bonchev–Trinajstić information content (AvgIpc) is 2.57. The summed E-state index contributed by atoms with van der Waals surface area (Å²) in [5.74, 6) is -0.546. The van der Waals surface area contributed by atoms with Crippen LogP contribution in [0.3, 0.4) is 0 Å². The fraction of sp³-hybridized carbons (Fsp3) is 0.417. The zero-order chi connectivity index (χ0) is 12.4. The number of carbonyl (C=O) groups is 1. The van der Waals surface area contributed by atoms with Crippen LogP contribution in [0.25, 0.3) is 0 Å². The maximum Gasteiger partial charge on any atom is 0.306 e. The third-order valence-electron chi connectivity index (χ3n) is 2.82. The summed E-state index contributed by atoms with van der Waals surface area (Å²) in [6, 6.07) is 3.50. The van der Waals surface area contributed by atoms with E-state index in [9.17, 15) is 9.90 Å². The molecule has 5 heteroatoms. The van der Waals surface area contributed by atoms with E-state index in [0.717, 1.165) is 24.0 Å². The molecule has 0 aromatic heterocycles. The Labute approximate surface area is 98.8 Å². The molecule has 0 fully saturated rings. The summed E-state index contributed by atoms with van der Waals surface area (Å²) in [4.78, 5) is 10.3. The highest BCUT2D eigenvalue weighted by Gasteiger charge is 2.20. The normalized spacial score (nSPS) is 17.8. The van der Waals surface area contributed by atoms with Crippen molar-refractivity contribution in [3.05, 3.63) is 23.3 Å². The zero-order valence-corrected chi connectivity index (χ0v) is 9.35. The van der Waals surface area contributed by atoms with Gasteiger partial charge in [-0.05, 0) is 36.1 Å². The predicted molar refractivity (Wildman–Crippen MR) is 61.2 cm³/mol. The summed E-state index contributed by atoms with van der Waals surface area (Å²) in [6.45, 7) is 0.0493. The molecule has 0 spiro atoms. The second-order valence-electron chi connectivity index (χ2n) is 4.25. The van der Waals surface area contributed by atoms with Gasteiger partial charge in [0.2, 0.25) is 0 Å². The van der Waals surface area contributed by atoms with Gasteiger partial charge in [-0.3, -0.25) is 4.79 Å². The van der Waals surface area contributed by atoms with Crippen LogP contribution in [0.5, 0.6) is 11.5 Å². The van der Waals surface area contributed by atoms with Gasteiger partial charge in [0.15, 0.2) is 11.5 Å². The molecular formula is C12H15NO4. The molecule has 1 aromatic rings. The van der Waals surface area contributed by atoms with Crippen LogP contribution in [0.2, 0.25) is 0 Å². The van der Waals surface area contributed by atoms with E-state index in [1.165, 1.54) is 0 Å². The smallest absolute Gasteiger partial charge is 0.306 e. The number of carboxylic acids is 1. The molecule has 0 radical (unpaired) electrons. The molecule has 1 aliphatic carbocycles. The lowest BCUT2D eigenvalue weighted by Gasteiger charge is -2.09. The second-order valence-corrected chi connectivity index (χ2v) is 4.25. The van der Waals surface area contributed by atoms with Crippen LogP contribution in [0, 0.1) is 0 Å². The van der Waals surface area contributed by atoms with Crippen molar-refractivity contribution in [1.82, 2.24) is 0 Å². The van der Waals surface area contributed by atoms with Gasteiger partial charge in [-0.1, -0.05) is 0 Å². The van der Waals surface area contributed by atoms with E-state index >= 15 is 0 Å². The monoisotopic (exact) mass is 237 g/mol. The number of phenolic OH excluding ortho intramolecular Hbond substituents is 1. The summed E-state index contributed by atoms with van der Waals surface area (Å²) < 4.78 is 5.24. The fourth-order valence-corrected chi connectivity index (χ4v) is 2.03. The largest absolute Gasteiger partial charge is 0.504 e. The number of phenols is 1. The van der Waals surface area contributed by atoms with E-state index in [1.54, 1.807) is 12.1 Å². The van der Waals surface area contributed by atoms with Crippen LogP contribution in [0.15, 0.2) is 12.1 Å². The summed E-state index contributed by atoms with van der Waals surface area (Å²) in [5, 5.41) is 18.2. The number of carboxylic acid groups (broad SMARTS) is 1. The van der Waals surface area contributed by atoms with Crippen molar-refractivity contribution in [2.24, 2.45) is 5.73 Å². The SMILES string of the molecule is NC1Cc2cc(O)c(OCCC(=O)O)cc2C1. The highest BCUT2D eigenvalue weighted by atomic mass is 16.5. The Morgan fingerprint density at radius 1 is 1.41 bits per heavy atom. The molecule has 1 aromatic carbocycles. The van der Waals surface area contributed by atoms with Crippen molar-refractivity contribution in [3.63, 3.8) is 0 Å². The highest BCUT2D eigenvalue weighted by Crippen LogP contribution is 2.33. The van der Waals surface area contributed by atoms with E-state index in [2.05, 4.69) is 0 Å². The molecule has 0 amide bonds. The number of fused-ring (bicyclic) bond motifs is 1. The third kappa shape index (κ3) is 2.68. The summed E-state index contributed by atoms with van der Waals surface area (Å²) in [6.07, 6.45) is 1.44. The van der Waals surface area contributed by atoms with Crippen LogP contribution in [-0.2, 0) is 17.6 Å². The van der Waals surface area contributed by atoms with Gasteiger partial charge in [0.1, 0.15) is 0 Å². The van der Waals surface area contributed by atoms with Crippen molar-refractivity contribution in [1.29, 1.82) is 0 Å². The number of hydrogen-bond donors (Lipinski definition) is 3. The molecule has 1 aliphatic rings. The highest BCUT2D eigenvalue weighted by molar-refractivity contribution is 5.66. The Morgan fingerprint density at radius 3 is 2.71 bits per heavy atom. The minimum atomic E-state index is -0.923. The first-order valence-corrected chi connectivity index (χ1v) is 5.51. The lowest BCUT2D eigenvalue weighted by atomic mass is 10.1. The lowest BCUT2D eigenvalue weighted by molar-refractivity contribution is -0.137. The van der Waals surface area contributed by atoms with Crippen molar-refractivity contribution >= 4 is 5.97 Å². The molecule has 1 atom stereocenters. The molecule has 0 saturated heterocycles. The van der Waals surface area contributed by atoms with Crippen LogP contribution in [0.1, 0.15) is 17.5 Å². The van der Waals surface area contributed by atoms with Gasteiger partial charge in [0, 0.05) is 6.04 Å². The van der Waals surface area contributed by atoms with Gasteiger partial charge in [-0.25, -0.2) is 0 Å². The average molecular weight is 237 g/mol.